The van der Waals surface area contributed by atoms with Gasteiger partial charge in [0.25, 0.3) is 5.91 Å². The molecule has 0 N–H and O–H groups in total. The lowest BCUT2D eigenvalue weighted by Gasteiger charge is -2.29. The number of hydrogen-bond acceptors (Lipinski definition) is 3. The minimum Gasteiger partial charge on any atom is -0.367 e. The Labute approximate surface area is 145 Å². The van der Waals surface area contributed by atoms with Gasteiger partial charge in [0.15, 0.2) is 6.10 Å². The first kappa shape index (κ1) is 18.4. The number of carbonyl (C=O) groups excluding carboxylic acids is 1. The smallest absolute Gasteiger partial charge is 0.256 e. The summed E-state index contributed by atoms with van der Waals surface area (Å²) in [6.45, 7) is 1.97. The van der Waals surface area contributed by atoms with E-state index in [0.717, 1.165) is 16.0 Å². The van der Waals surface area contributed by atoms with Crippen molar-refractivity contribution >= 4 is 16.7 Å². The van der Waals surface area contributed by atoms with Crippen LogP contribution in [0.2, 0.25) is 0 Å². The van der Waals surface area contributed by atoms with Gasteiger partial charge in [-0.15, -0.1) is 0 Å². The monoisotopic (exact) mass is 345 g/mol. The fourth-order valence-corrected chi connectivity index (χ4v) is 3.06. The van der Waals surface area contributed by atoms with Crippen molar-refractivity contribution in [3.63, 3.8) is 0 Å². The maximum Gasteiger partial charge on any atom is 0.256 e. The molecule has 0 aliphatic carbocycles. The number of benzene rings is 2. The van der Waals surface area contributed by atoms with Crippen LogP contribution in [0.1, 0.15) is 30.2 Å². The van der Waals surface area contributed by atoms with Crippen LogP contribution in [0, 0.1) is 0 Å². The highest BCUT2D eigenvalue weighted by Gasteiger charge is 2.26. The molecule has 0 radical (unpaired) electrons. The minimum absolute atomic E-state index is 0.0978. The third kappa shape index (κ3) is 4.10. The van der Waals surface area contributed by atoms with E-state index in [1.807, 2.05) is 61.5 Å². The van der Waals surface area contributed by atoms with Crippen LogP contribution < -0.4 is 0 Å². The number of rotatable bonds is 6. The van der Waals surface area contributed by atoms with Crippen LogP contribution >= 0.6 is 0 Å². The van der Waals surface area contributed by atoms with Crippen molar-refractivity contribution < 1.29 is 13.7 Å². The fraction of sp³-hybridized carbons (Fsp3) is 0.316. The van der Waals surface area contributed by atoms with Crippen LogP contribution in [0.3, 0.4) is 0 Å². The summed E-state index contributed by atoms with van der Waals surface area (Å²) < 4.78 is 16.9. The van der Waals surface area contributed by atoms with Crippen LogP contribution in [0.15, 0.2) is 59.5 Å². The molecular weight excluding hydrogens is 322 g/mol. The molecule has 4 nitrogen and oxygen atoms in total. The van der Waals surface area contributed by atoms with Crippen molar-refractivity contribution in [2.24, 2.45) is 0 Å². The molecule has 1 amide bonds. The van der Waals surface area contributed by atoms with Gasteiger partial charge in [-0.1, -0.05) is 42.5 Å². The topological polar surface area (TPSA) is 46.6 Å². The average Bonchev–Trinajstić information content (AvgIpc) is 2.62. The molecule has 0 heterocycles. The van der Waals surface area contributed by atoms with Gasteiger partial charge in [0, 0.05) is 36.1 Å². The molecule has 3 atom stereocenters. The van der Waals surface area contributed by atoms with E-state index in [4.69, 9.17) is 4.74 Å². The maximum absolute atomic E-state index is 12.8. The molecule has 0 bridgehead atoms. The van der Waals surface area contributed by atoms with Crippen LogP contribution in [-0.4, -0.2) is 35.4 Å². The Hall–Kier alpha value is -1.98. The zero-order valence-electron chi connectivity index (χ0n) is 14.4. The van der Waals surface area contributed by atoms with E-state index in [2.05, 4.69) is 0 Å². The number of nitrogens with zero attached hydrogens (tertiary/aromatic N) is 1. The van der Waals surface area contributed by atoms with E-state index in [9.17, 15) is 9.00 Å². The van der Waals surface area contributed by atoms with Gasteiger partial charge in [0.1, 0.15) is 0 Å². The van der Waals surface area contributed by atoms with Crippen LogP contribution in [-0.2, 0) is 20.3 Å². The Bertz CT molecular complexity index is 700. The number of ether oxygens (including phenoxy) is 1. The van der Waals surface area contributed by atoms with Gasteiger partial charge in [0.2, 0.25) is 0 Å². The molecule has 2 aromatic rings. The first-order valence-corrected chi connectivity index (χ1v) is 9.29. The number of likely N-dealkylation sites (N-methyl/N-ethyl adjacent to an activating group) is 1. The third-order valence-electron chi connectivity index (χ3n) is 4.19. The summed E-state index contributed by atoms with van der Waals surface area (Å²) in [5.41, 5.74) is 1.82. The second kappa shape index (κ2) is 8.22. The molecule has 0 aromatic heterocycles. The molecule has 24 heavy (non-hydrogen) atoms. The summed E-state index contributed by atoms with van der Waals surface area (Å²) in [4.78, 5) is 15.3. The van der Waals surface area contributed by atoms with E-state index >= 15 is 0 Å². The Morgan fingerprint density at radius 1 is 1.04 bits per heavy atom. The van der Waals surface area contributed by atoms with Crippen molar-refractivity contribution in [2.75, 3.05) is 20.4 Å². The molecule has 2 aromatic carbocycles. The van der Waals surface area contributed by atoms with Gasteiger partial charge in [-0.25, -0.2) is 0 Å². The zero-order valence-corrected chi connectivity index (χ0v) is 15.2. The van der Waals surface area contributed by atoms with Gasteiger partial charge in [-0.05, 0) is 30.2 Å². The lowest BCUT2D eigenvalue weighted by atomic mass is 10.0. The predicted molar refractivity (Wildman–Crippen MR) is 96.2 cm³/mol. The molecule has 0 saturated heterocycles. The summed E-state index contributed by atoms with van der Waals surface area (Å²) in [6.07, 6.45) is 1.03. The van der Waals surface area contributed by atoms with E-state index < -0.39 is 16.9 Å². The molecule has 0 aliphatic rings. The van der Waals surface area contributed by atoms with Gasteiger partial charge < -0.3 is 9.64 Å². The highest BCUT2D eigenvalue weighted by atomic mass is 32.2. The van der Waals surface area contributed by atoms with Gasteiger partial charge in [0.05, 0.1) is 6.04 Å². The van der Waals surface area contributed by atoms with Crippen molar-refractivity contribution in [3.05, 3.63) is 65.7 Å². The fourth-order valence-electron chi connectivity index (χ4n) is 2.54. The Kier molecular flexibility index (Phi) is 6.29. The summed E-state index contributed by atoms with van der Waals surface area (Å²) in [6, 6.07) is 16.8. The SMILES string of the molecule is CO[C@H](C(=O)N(C)[C@@H](C)c1ccc([S@](C)=O)cc1)c1ccccc1. The predicted octanol–water partition coefficient (Wildman–Crippen LogP) is 3.33. The molecule has 0 spiro atoms. The van der Waals surface area contributed by atoms with E-state index in [1.165, 1.54) is 0 Å². The molecule has 0 aliphatic heterocycles. The minimum atomic E-state index is -1.00. The standard InChI is InChI=1S/C19H23NO3S/c1-14(15-10-12-17(13-11-15)24(4)22)20(2)19(21)18(23-3)16-8-6-5-7-9-16/h5-14,18H,1-4H3/t14-,18-,24-/m0/s1. The van der Waals surface area contributed by atoms with Crippen molar-refractivity contribution in [1.29, 1.82) is 0 Å². The Balaban J connectivity index is 2.18. The van der Waals surface area contributed by atoms with Crippen molar-refractivity contribution in [3.8, 4) is 0 Å². The summed E-state index contributed by atoms with van der Waals surface area (Å²) >= 11 is 0. The molecule has 0 saturated carbocycles. The summed E-state index contributed by atoms with van der Waals surface area (Å²) in [5.74, 6) is -0.0978. The van der Waals surface area contributed by atoms with Crippen LogP contribution in [0.4, 0.5) is 0 Å². The normalized spacial score (nSPS) is 14.7. The summed E-state index contributed by atoms with van der Waals surface area (Å²) in [7, 11) is 2.31. The van der Waals surface area contributed by atoms with Crippen LogP contribution in [0.25, 0.3) is 0 Å². The van der Waals surface area contributed by atoms with Crippen molar-refractivity contribution in [1.82, 2.24) is 4.90 Å². The summed E-state index contributed by atoms with van der Waals surface area (Å²) in [5, 5.41) is 0. The van der Waals surface area contributed by atoms with E-state index in [0.29, 0.717) is 0 Å². The number of carbonyl (C=O) groups is 1. The molecule has 5 heteroatoms. The third-order valence-corrected chi connectivity index (χ3v) is 5.12. The Morgan fingerprint density at radius 3 is 2.12 bits per heavy atom. The number of methoxy groups -OCH3 is 1. The molecular formula is C19H23NO3S. The van der Waals surface area contributed by atoms with E-state index in [1.54, 1.807) is 25.3 Å². The first-order chi connectivity index (χ1) is 11.5. The number of hydrogen-bond donors (Lipinski definition) is 0. The van der Waals surface area contributed by atoms with Crippen molar-refractivity contribution in [2.45, 2.75) is 24.0 Å². The van der Waals surface area contributed by atoms with Gasteiger partial charge >= 0.3 is 0 Å². The first-order valence-electron chi connectivity index (χ1n) is 7.73. The lowest BCUT2D eigenvalue weighted by Crippen LogP contribution is -2.34. The van der Waals surface area contributed by atoms with E-state index in [-0.39, 0.29) is 11.9 Å². The quantitative estimate of drug-likeness (QED) is 0.807. The highest BCUT2D eigenvalue weighted by molar-refractivity contribution is 7.84. The van der Waals surface area contributed by atoms with Gasteiger partial charge in [-0.3, -0.25) is 9.00 Å². The lowest BCUT2D eigenvalue weighted by molar-refractivity contribution is -0.143. The zero-order chi connectivity index (χ0) is 17.7. The second-order valence-corrected chi connectivity index (χ2v) is 7.05. The van der Waals surface area contributed by atoms with Gasteiger partial charge in [-0.2, -0.15) is 0 Å². The molecule has 0 fully saturated rings. The Morgan fingerprint density at radius 2 is 1.62 bits per heavy atom. The average molecular weight is 345 g/mol. The molecule has 128 valence electrons. The maximum atomic E-state index is 12.8. The van der Waals surface area contributed by atoms with Crippen LogP contribution in [0.5, 0.6) is 0 Å². The number of amides is 1. The largest absolute Gasteiger partial charge is 0.367 e. The second-order valence-electron chi connectivity index (χ2n) is 5.67. The highest BCUT2D eigenvalue weighted by Crippen LogP contribution is 2.25. The molecule has 0 unspecified atom stereocenters. The molecule has 2 rings (SSSR count).